The number of rotatable bonds is 2. The van der Waals surface area contributed by atoms with E-state index in [1.165, 1.54) is 47.3 Å². The molecule has 0 fully saturated rings. The molecular formula is C43H33N3O3S2. The SMILES string of the molecule is CN1c2cc3c(cc2-c2sc4ccccc4c2C1(C)C)C(c1ccncc1C(=O)[O-])=c1cc2c(cc1O3)=[N+](C)C(C)(C)c1c-2sc2ccccc12. The number of anilines is 1. The van der Waals surface area contributed by atoms with E-state index in [2.05, 4.69) is 129 Å². The zero-order valence-corrected chi connectivity index (χ0v) is 30.7. The van der Waals surface area contributed by atoms with Gasteiger partial charge in [-0.25, -0.2) is 4.58 Å². The fourth-order valence-corrected chi connectivity index (χ4v) is 11.3. The first kappa shape index (κ1) is 30.5. The standard InChI is InChI=1S/C43H33N3O3S2/c1-42(2)37-23-11-7-9-13-34(23)50-39(37)25-17-27-32(19-30(25)45(42)5)49-33-20-31-26(18-28(33)36(27)22-15-16-44-21-29(22)41(47)48)40-38(43(3,4)46(31)6)24-12-8-10-14-35(24)51-40/h7-21H,1-6H3. The van der Waals surface area contributed by atoms with Crippen molar-refractivity contribution >= 4 is 60.1 Å². The molecule has 0 bridgehead atoms. The fourth-order valence-electron chi connectivity index (χ4n) is 8.57. The summed E-state index contributed by atoms with van der Waals surface area (Å²) in [6.07, 6.45) is 3.05. The molecule has 0 unspecified atom stereocenters. The molecule has 6 nitrogen and oxygen atoms in total. The summed E-state index contributed by atoms with van der Waals surface area (Å²) in [5.74, 6) is 0.104. The summed E-state index contributed by atoms with van der Waals surface area (Å²) < 4.78 is 11.8. The van der Waals surface area contributed by atoms with Crippen molar-refractivity contribution in [3.8, 4) is 32.4 Å². The van der Waals surface area contributed by atoms with E-state index in [4.69, 9.17) is 4.74 Å². The second kappa shape index (κ2) is 10.1. The summed E-state index contributed by atoms with van der Waals surface area (Å²) in [6.45, 7) is 9.10. The fraction of sp³-hybridized carbons (Fsp3) is 0.186. The van der Waals surface area contributed by atoms with Crippen molar-refractivity contribution < 1.29 is 14.6 Å². The average molecular weight is 704 g/mol. The lowest BCUT2D eigenvalue weighted by atomic mass is 9.81. The van der Waals surface area contributed by atoms with Gasteiger partial charge in [-0.2, -0.15) is 0 Å². The summed E-state index contributed by atoms with van der Waals surface area (Å²) in [6, 6.07) is 27.7. The molecule has 3 aromatic heterocycles. The minimum absolute atomic E-state index is 0.0448. The normalized spacial score (nSPS) is 16.2. The van der Waals surface area contributed by atoms with E-state index >= 15 is 0 Å². The van der Waals surface area contributed by atoms with Crippen molar-refractivity contribution in [1.82, 2.24) is 9.56 Å². The van der Waals surface area contributed by atoms with E-state index in [1.807, 2.05) is 0 Å². The lowest BCUT2D eigenvalue weighted by Crippen LogP contribution is -2.46. The molecule has 0 atom stereocenters. The molecule has 8 heteroatoms. The molecule has 10 rings (SSSR count). The molecule has 4 aromatic carbocycles. The van der Waals surface area contributed by atoms with Crippen molar-refractivity contribution in [3.05, 3.63) is 130 Å². The maximum atomic E-state index is 12.7. The third-order valence-corrected chi connectivity index (χ3v) is 14.0. The van der Waals surface area contributed by atoms with Crippen LogP contribution in [0.25, 0.3) is 46.6 Å². The van der Waals surface area contributed by atoms with Crippen LogP contribution in [0.1, 0.15) is 60.3 Å². The molecule has 250 valence electrons. The number of carbonyl (C=O) groups is 1. The zero-order chi connectivity index (χ0) is 35.1. The summed E-state index contributed by atoms with van der Waals surface area (Å²) in [5.41, 5.74) is 7.55. The van der Waals surface area contributed by atoms with Crippen molar-refractivity contribution in [3.63, 3.8) is 0 Å². The number of hydrogen-bond acceptors (Lipinski definition) is 7. The summed E-state index contributed by atoms with van der Waals surface area (Å²) >= 11 is 3.61. The van der Waals surface area contributed by atoms with Gasteiger partial charge in [0.25, 0.3) is 0 Å². The van der Waals surface area contributed by atoms with Crippen LogP contribution in [0, 0.1) is 0 Å². The van der Waals surface area contributed by atoms with Gasteiger partial charge in [0, 0.05) is 103 Å². The first-order chi connectivity index (χ1) is 24.5. The van der Waals surface area contributed by atoms with Crippen LogP contribution in [0.5, 0.6) is 11.5 Å². The van der Waals surface area contributed by atoms with Gasteiger partial charge in [-0.15, -0.1) is 22.7 Å². The topological polar surface area (TPSA) is 68.5 Å². The van der Waals surface area contributed by atoms with Crippen LogP contribution < -0.4 is 29.9 Å². The Morgan fingerprint density at radius 3 is 2.18 bits per heavy atom. The van der Waals surface area contributed by atoms with Gasteiger partial charge >= 0.3 is 0 Å². The number of nitrogens with zero attached hydrogens (tertiary/aromatic N) is 3. The molecule has 0 amide bonds. The Labute approximate surface area is 302 Å². The number of benzene rings is 4. The Kier molecular flexibility index (Phi) is 6.07. The number of ether oxygens (including phenoxy) is 1. The summed E-state index contributed by atoms with van der Waals surface area (Å²) in [7, 11) is 4.30. The monoisotopic (exact) mass is 703 g/mol. The number of carboxylic acids is 1. The minimum Gasteiger partial charge on any atom is -0.545 e. The van der Waals surface area contributed by atoms with Gasteiger partial charge in [-0.3, -0.25) is 4.98 Å². The molecule has 3 aliphatic rings. The Morgan fingerprint density at radius 1 is 0.804 bits per heavy atom. The highest BCUT2D eigenvalue weighted by Gasteiger charge is 2.43. The molecule has 3 aliphatic heterocycles. The van der Waals surface area contributed by atoms with Gasteiger partial charge in [0.05, 0.1) is 28.0 Å². The Balaban J connectivity index is 1.35. The van der Waals surface area contributed by atoms with Crippen LogP contribution in [-0.4, -0.2) is 25.0 Å². The predicted molar refractivity (Wildman–Crippen MR) is 206 cm³/mol. The van der Waals surface area contributed by atoms with E-state index in [0.29, 0.717) is 17.1 Å². The van der Waals surface area contributed by atoms with Crippen molar-refractivity contribution in [1.29, 1.82) is 0 Å². The van der Waals surface area contributed by atoms with Gasteiger partial charge in [0.15, 0.2) is 5.54 Å². The van der Waals surface area contributed by atoms with Crippen LogP contribution in [-0.2, 0) is 11.1 Å². The number of hydrogen-bond donors (Lipinski definition) is 0. The molecule has 0 saturated carbocycles. The van der Waals surface area contributed by atoms with Gasteiger partial charge in [-0.05, 0) is 55.1 Å². The lowest BCUT2D eigenvalue weighted by Gasteiger charge is -2.43. The zero-order valence-electron chi connectivity index (χ0n) is 29.0. The summed E-state index contributed by atoms with van der Waals surface area (Å²) in [5, 5.41) is 17.1. The molecule has 51 heavy (non-hydrogen) atoms. The van der Waals surface area contributed by atoms with Crippen LogP contribution >= 0.6 is 22.7 Å². The molecule has 0 saturated heterocycles. The number of carboxylic acid groups (broad SMARTS) is 1. The van der Waals surface area contributed by atoms with Crippen molar-refractivity contribution in [2.75, 3.05) is 19.0 Å². The van der Waals surface area contributed by atoms with Crippen LogP contribution in [0.15, 0.2) is 91.3 Å². The molecule has 0 aliphatic carbocycles. The summed E-state index contributed by atoms with van der Waals surface area (Å²) in [4.78, 5) is 21.7. The number of aromatic carboxylic acids is 1. The quantitative estimate of drug-likeness (QED) is 0.174. The van der Waals surface area contributed by atoms with Gasteiger partial charge in [-0.1, -0.05) is 36.4 Å². The molecule has 0 radical (unpaired) electrons. The first-order valence-corrected chi connectivity index (χ1v) is 18.7. The second-order valence-electron chi connectivity index (χ2n) is 14.8. The maximum absolute atomic E-state index is 12.7. The Hall–Kier alpha value is -5.31. The van der Waals surface area contributed by atoms with Crippen LogP contribution in [0.2, 0.25) is 0 Å². The molecular weight excluding hydrogens is 671 g/mol. The largest absolute Gasteiger partial charge is 0.545 e. The maximum Gasteiger partial charge on any atom is 0.212 e. The smallest absolute Gasteiger partial charge is 0.212 e. The third-order valence-electron chi connectivity index (χ3n) is 11.6. The van der Waals surface area contributed by atoms with Crippen LogP contribution in [0.4, 0.5) is 5.69 Å². The van der Waals surface area contributed by atoms with Gasteiger partial charge in [0.2, 0.25) is 5.36 Å². The van der Waals surface area contributed by atoms with Gasteiger partial charge in [0.1, 0.15) is 18.5 Å². The molecule has 7 aromatic rings. The molecule has 0 N–H and O–H groups in total. The van der Waals surface area contributed by atoms with E-state index in [9.17, 15) is 9.90 Å². The van der Waals surface area contributed by atoms with E-state index in [-0.39, 0.29) is 16.6 Å². The average Bonchev–Trinajstić information content (AvgIpc) is 3.72. The van der Waals surface area contributed by atoms with Crippen molar-refractivity contribution in [2.24, 2.45) is 0 Å². The lowest BCUT2D eigenvalue weighted by molar-refractivity contribution is -0.255. The Morgan fingerprint density at radius 2 is 1.47 bits per heavy atom. The first-order valence-electron chi connectivity index (χ1n) is 17.1. The number of aromatic nitrogens is 1. The van der Waals surface area contributed by atoms with Gasteiger partial charge < -0.3 is 19.5 Å². The predicted octanol–water partition coefficient (Wildman–Crippen LogP) is 7.62. The molecule has 6 heterocycles. The van der Waals surface area contributed by atoms with E-state index < -0.39 is 5.97 Å². The number of fused-ring (bicyclic) bond motifs is 12. The minimum atomic E-state index is -1.27. The Bertz CT molecular complexity index is 2860. The van der Waals surface area contributed by atoms with E-state index in [1.54, 1.807) is 34.9 Å². The molecule has 0 spiro atoms. The highest BCUT2D eigenvalue weighted by atomic mass is 32.1. The van der Waals surface area contributed by atoms with Crippen molar-refractivity contribution in [2.45, 2.75) is 38.8 Å². The number of thiophene rings is 2. The van der Waals surface area contributed by atoms with Crippen LogP contribution in [0.3, 0.4) is 0 Å². The number of carbonyl (C=O) groups excluding carboxylic acids is 1. The second-order valence-corrected chi connectivity index (χ2v) is 16.9. The highest BCUT2D eigenvalue weighted by Crippen LogP contribution is 2.56. The number of pyridine rings is 1. The van der Waals surface area contributed by atoms with E-state index in [0.717, 1.165) is 38.5 Å². The third kappa shape index (κ3) is 3.94. The highest BCUT2D eigenvalue weighted by molar-refractivity contribution is 7.23.